The summed E-state index contributed by atoms with van der Waals surface area (Å²) in [6.45, 7) is 5.49. The Kier molecular flexibility index (Phi) is 6.95. The lowest BCUT2D eigenvalue weighted by Crippen LogP contribution is -2.48. The molecule has 1 aliphatic heterocycles. The van der Waals surface area contributed by atoms with E-state index in [2.05, 4.69) is 5.32 Å². The first-order valence-electron chi connectivity index (χ1n) is 10.5. The van der Waals surface area contributed by atoms with Gasteiger partial charge in [-0.2, -0.15) is 0 Å². The minimum atomic E-state index is -0.645. The third kappa shape index (κ3) is 5.61. The maximum Gasteiger partial charge on any atom is 0.410 e. The second-order valence-electron chi connectivity index (χ2n) is 8.68. The fourth-order valence-electron chi connectivity index (χ4n) is 3.67. The number of benzene rings is 2. The molecular weight excluding hydrogens is 399 g/mol. The van der Waals surface area contributed by atoms with E-state index in [0.29, 0.717) is 36.1 Å². The van der Waals surface area contributed by atoms with Gasteiger partial charge in [0.15, 0.2) is 0 Å². The van der Waals surface area contributed by atoms with Crippen LogP contribution in [0, 0.1) is 5.82 Å². The van der Waals surface area contributed by atoms with E-state index < -0.39 is 23.8 Å². The number of halogens is 1. The molecule has 2 N–H and O–H groups in total. The molecule has 2 unspecified atom stereocenters. The summed E-state index contributed by atoms with van der Waals surface area (Å²) in [5.74, 6) is -0.647. The van der Waals surface area contributed by atoms with Crippen molar-refractivity contribution in [3.63, 3.8) is 0 Å². The zero-order chi connectivity index (χ0) is 22.6. The van der Waals surface area contributed by atoms with Gasteiger partial charge < -0.3 is 15.2 Å². The standard InChI is InChI=1S/C24H29FN2O4/c1-24(2,3)31-23(30)27-14-6-9-21(27)22(29)26-20(15-28)17-12-10-16(11-13-17)18-7-4-5-8-19(18)25/h4-5,7-8,10-13,20-21,28H,6,9,14-15H2,1-3H3,(H,26,29). The molecule has 3 rings (SSSR count). The molecule has 0 aliphatic carbocycles. The Labute approximate surface area is 182 Å². The van der Waals surface area contributed by atoms with Crippen LogP contribution in [-0.2, 0) is 9.53 Å². The molecule has 2 atom stereocenters. The van der Waals surface area contributed by atoms with Crippen LogP contribution in [0.4, 0.5) is 9.18 Å². The van der Waals surface area contributed by atoms with Crippen molar-refractivity contribution in [1.29, 1.82) is 0 Å². The van der Waals surface area contributed by atoms with Crippen molar-refractivity contribution in [2.45, 2.75) is 51.3 Å². The van der Waals surface area contributed by atoms with E-state index in [1.165, 1.54) is 11.0 Å². The monoisotopic (exact) mass is 428 g/mol. The average molecular weight is 429 g/mol. The molecule has 1 aliphatic rings. The van der Waals surface area contributed by atoms with Gasteiger partial charge in [-0.3, -0.25) is 9.69 Å². The van der Waals surface area contributed by atoms with Crippen LogP contribution in [0.1, 0.15) is 45.2 Å². The molecule has 2 aromatic carbocycles. The van der Waals surface area contributed by atoms with Crippen LogP contribution in [0.2, 0.25) is 0 Å². The van der Waals surface area contributed by atoms with Gasteiger partial charge in [0.05, 0.1) is 12.6 Å². The quantitative estimate of drug-likeness (QED) is 0.753. The van der Waals surface area contributed by atoms with E-state index in [-0.39, 0.29) is 18.3 Å². The molecule has 31 heavy (non-hydrogen) atoms. The summed E-state index contributed by atoms with van der Waals surface area (Å²) in [5, 5.41) is 12.7. The lowest BCUT2D eigenvalue weighted by Gasteiger charge is -2.29. The van der Waals surface area contributed by atoms with E-state index in [1.807, 2.05) is 0 Å². The van der Waals surface area contributed by atoms with Crippen molar-refractivity contribution in [1.82, 2.24) is 10.2 Å². The van der Waals surface area contributed by atoms with E-state index in [0.717, 1.165) is 0 Å². The molecule has 0 aromatic heterocycles. The molecule has 166 valence electrons. The SMILES string of the molecule is CC(C)(C)OC(=O)N1CCCC1C(=O)NC(CO)c1ccc(-c2ccccc2F)cc1. The number of nitrogens with zero attached hydrogens (tertiary/aromatic N) is 1. The van der Waals surface area contributed by atoms with Crippen molar-refractivity contribution in [2.24, 2.45) is 0 Å². The molecule has 7 heteroatoms. The summed E-state index contributed by atoms with van der Waals surface area (Å²) >= 11 is 0. The lowest BCUT2D eigenvalue weighted by atomic mass is 10.0. The fraction of sp³-hybridized carbons (Fsp3) is 0.417. The van der Waals surface area contributed by atoms with E-state index in [4.69, 9.17) is 4.74 Å². The Morgan fingerprint density at radius 3 is 2.48 bits per heavy atom. The molecule has 0 spiro atoms. The van der Waals surface area contributed by atoms with E-state index >= 15 is 0 Å². The minimum absolute atomic E-state index is 0.302. The Bertz CT molecular complexity index is 924. The second kappa shape index (κ2) is 9.47. The van der Waals surface area contributed by atoms with Gasteiger partial charge in [0.25, 0.3) is 0 Å². The van der Waals surface area contributed by atoms with Gasteiger partial charge in [-0.1, -0.05) is 42.5 Å². The largest absolute Gasteiger partial charge is 0.444 e. The number of nitrogens with one attached hydrogen (secondary N) is 1. The van der Waals surface area contributed by atoms with Crippen LogP contribution >= 0.6 is 0 Å². The van der Waals surface area contributed by atoms with Crippen LogP contribution in [0.15, 0.2) is 48.5 Å². The normalized spacial score (nSPS) is 17.3. The molecule has 6 nitrogen and oxygen atoms in total. The van der Waals surface area contributed by atoms with Crippen LogP contribution in [-0.4, -0.2) is 46.8 Å². The number of carbonyl (C=O) groups is 2. The Morgan fingerprint density at radius 1 is 1.19 bits per heavy atom. The van der Waals surface area contributed by atoms with Crippen LogP contribution in [0.3, 0.4) is 0 Å². The lowest BCUT2D eigenvalue weighted by molar-refractivity contribution is -0.126. The summed E-state index contributed by atoms with van der Waals surface area (Å²) < 4.78 is 19.4. The summed E-state index contributed by atoms with van der Waals surface area (Å²) in [6.07, 6.45) is 0.730. The third-order valence-electron chi connectivity index (χ3n) is 5.18. The number of likely N-dealkylation sites (tertiary alicyclic amines) is 1. The highest BCUT2D eigenvalue weighted by Gasteiger charge is 2.37. The van der Waals surface area contributed by atoms with Gasteiger partial charge in [-0.25, -0.2) is 9.18 Å². The molecule has 0 bridgehead atoms. The first-order valence-corrected chi connectivity index (χ1v) is 10.5. The summed E-state index contributed by atoms with van der Waals surface area (Å²) in [5.41, 5.74) is 1.24. The molecule has 1 saturated heterocycles. The van der Waals surface area contributed by atoms with Crippen molar-refractivity contribution >= 4 is 12.0 Å². The number of hydrogen-bond acceptors (Lipinski definition) is 4. The van der Waals surface area contributed by atoms with Crippen molar-refractivity contribution in [3.8, 4) is 11.1 Å². The van der Waals surface area contributed by atoms with Gasteiger partial charge in [0.1, 0.15) is 17.5 Å². The molecule has 1 heterocycles. The van der Waals surface area contributed by atoms with Gasteiger partial charge in [0.2, 0.25) is 5.91 Å². The van der Waals surface area contributed by atoms with E-state index in [1.54, 1.807) is 63.2 Å². The predicted molar refractivity (Wildman–Crippen MR) is 116 cm³/mol. The highest BCUT2D eigenvalue weighted by molar-refractivity contribution is 5.86. The van der Waals surface area contributed by atoms with Crippen LogP contribution < -0.4 is 5.32 Å². The maximum atomic E-state index is 14.0. The summed E-state index contributed by atoms with van der Waals surface area (Å²) in [4.78, 5) is 26.8. The second-order valence-corrected chi connectivity index (χ2v) is 8.68. The number of ether oxygens (including phenoxy) is 1. The first-order chi connectivity index (χ1) is 14.7. The maximum absolute atomic E-state index is 14.0. The highest BCUT2D eigenvalue weighted by atomic mass is 19.1. The van der Waals surface area contributed by atoms with E-state index in [9.17, 15) is 19.1 Å². The number of aliphatic hydroxyl groups excluding tert-OH is 1. The molecular formula is C24H29FN2O4. The number of carbonyl (C=O) groups excluding carboxylic acids is 2. The molecule has 1 fully saturated rings. The molecule has 0 radical (unpaired) electrons. The molecule has 0 saturated carbocycles. The summed E-state index contributed by atoms with van der Waals surface area (Å²) in [6, 6.07) is 12.2. The summed E-state index contributed by atoms with van der Waals surface area (Å²) in [7, 11) is 0. The average Bonchev–Trinajstić information content (AvgIpc) is 3.22. The van der Waals surface area contributed by atoms with Crippen molar-refractivity contribution in [2.75, 3.05) is 13.2 Å². The van der Waals surface area contributed by atoms with Crippen molar-refractivity contribution < 1.29 is 23.8 Å². The van der Waals surface area contributed by atoms with Crippen LogP contribution in [0.5, 0.6) is 0 Å². The van der Waals surface area contributed by atoms with Crippen LogP contribution in [0.25, 0.3) is 11.1 Å². The van der Waals surface area contributed by atoms with Crippen molar-refractivity contribution in [3.05, 3.63) is 59.9 Å². The zero-order valence-electron chi connectivity index (χ0n) is 18.1. The van der Waals surface area contributed by atoms with Gasteiger partial charge >= 0.3 is 6.09 Å². The Hall–Kier alpha value is -2.93. The highest BCUT2D eigenvalue weighted by Crippen LogP contribution is 2.26. The molecule has 2 aromatic rings. The van der Waals surface area contributed by atoms with Gasteiger partial charge in [0, 0.05) is 12.1 Å². The fourth-order valence-corrected chi connectivity index (χ4v) is 3.67. The topological polar surface area (TPSA) is 78.9 Å². The number of hydrogen-bond donors (Lipinski definition) is 2. The van der Waals surface area contributed by atoms with Gasteiger partial charge in [-0.15, -0.1) is 0 Å². The predicted octanol–water partition coefficient (Wildman–Crippen LogP) is 4.04. The zero-order valence-corrected chi connectivity index (χ0v) is 18.1. The minimum Gasteiger partial charge on any atom is -0.444 e. The Morgan fingerprint density at radius 2 is 1.87 bits per heavy atom. The first kappa shape index (κ1) is 22.7. The number of amides is 2. The smallest absolute Gasteiger partial charge is 0.410 e. The van der Waals surface area contributed by atoms with Gasteiger partial charge in [-0.05, 0) is 50.8 Å². The molecule has 2 amide bonds. The number of aliphatic hydroxyl groups is 1. The Balaban J connectivity index is 1.69. The number of rotatable bonds is 5. The third-order valence-corrected chi connectivity index (χ3v) is 5.18.